The van der Waals surface area contributed by atoms with Crippen molar-refractivity contribution in [3.63, 3.8) is 0 Å². The Labute approximate surface area is 125 Å². The summed E-state index contributed by atoms with van der Waals surface area (Å²) in [4.78, 5) is 0. The third kappa shape index (κ3) is 3.89. The lowest BCUT2D eigenvalue weighted by atomic mass is 10.3. The highest BCUT2D eigenvalue weighted by atomic mass is 35.5. The summed E-state index contributed by atoms with van der Waals surface area (Å²) in [6.45, 7) is 0.357. The van der Waals surface area contributed by atoms with Crippen LogP contribution in [-0.2, 0) is 11.5 Å². The standard InChI is InChI=1S/C12H12ClFN4OS/c1-19-7-18-6-9(5-15-18)17-12(20)16-8-2-3-11(14)10(13)4-8/h2-6H,7H2,1H3,(H2,16,17,20). The molecule has 20 heavy (non-hydrogen) atoms. The summed E-state index contributed by atoms with van der Waals surface area (Å²) in [6, 6.07) is 4.27. The van der Waals surface area contributed by atoms with E-state index in [-0.39, 0.29) is 5.02 Å². The second-order valence-corrected chi connectivity index (χ2v) is 4.71. The molecule has 0 saturated heterocycles. The van der Waals surface area contributed by atoms with Gasteiger partial charge in [0.15, 0.2) is 5.11 Å². The molecule has 0 spiro atoms. The normalized spacial score (nSPS) is 10.3. The van der Waals surface area contributed by atoms with E-state index in [0.717, 1.165) is 0 Å². The van der Waals surface area contributed by atoms with Gasteiger partial charge in [0.05, 0.1) is 23.1 Å². The van der Waals surface area contributed by atoms with Crippen molar-refractivity contribution in [1.82, 2.24) is 9.78 Å². The number of rotatable bonds is 4. The van der Waals surface area contributed by atoms with E-state index in [2.05, 4.69) is 15.7 Å². The van der Waals surface area contributed by atoms with Gasteiger partial charge in [0.2, 0.25) is 0 Å². The molecule has 0 aliphatic heterocycles. The van der Waals surface area contributed by atoms with E-state index in [1.54, 1.807) is 30.3 Å². The summed E-state index contributed by atoms with van der Waals surface area (Å²) in [5.74, 6) is -0.475. The van der Waals surface area contributed by atoms with Gasteiger partial charge in [-0.05, 0) is 30.4 Å². The van der Waals surface area contributed by atoms with Crippen LogP contribution in [0.2, 0.25) is 5.02 Å². The van der Waals surface area contributed by atoms with Crippen molar-refractivity contribution in [2.45, 2.75) is 6.73 Å². The Bertz CT molecular complexity index is 619. The average molecular weight is 315 g/mol. The summed E-state index contributed by atoms with van der Waals surface area (Å²) in [6.07, 6.45) is 3.36. The monoisotopic (exact) mass is 314 g/mol. The number of benzene rings is 1. The van der Waals surface area contributed by atoms with Crippen molar-refractivity contribution < 1.29 is 9.13 Å². The molecule has 106 valence electrons. The Morgan fingerprint density at radius 2 is 2.20 bits per heavy atom. The lowest BCUT2D eigenvalue weighted by molar-refractivity contribution is 0.120. The van der Waals surface area contributed by atoms with Gasteiger partial charge >= 0.3 is 0 Å². The number of thiocarbonyl (C=S) groups is 1. The van der Waals surface area contributed by atoms with Crippen LogP contribution in [0.4, 0.5) is 15.8 Å². The maximum atomic E-state index is 13.0. The van der Waals surface area contributed by atoms with E-state index in [4.69, 9.17) is 28.6 Å². The van der Waals surface area contributed by atoms with Crippen LogP contribution in [0.15, 0.2) is 30.6 Å². The quantitative estimate of drug-likeness (QED) is 0.849. The average Bonchev–Trinajstić information content (AvgIpc) is 2.81. The number of ether oxygens (including phenoxy) is 1. The molecule has 1 aromatic heterocycles. The van der Waals surface area contributed by atoms with Gasteiger partial charge in [0.1, 0.15) is 12.5 Å². The van der Waals surface area contributed by atoms with Crippen LogP contribution in [0.5, 0.6) is 0 Å². The first kappa shape index (κ1) is 14.7. The fourth-order valence-electron chi connectivity index (χ4n) is 1.50. The van der Waals surface area contributed by atoms with E-state index in [0.29, 0.717) is 23.2 Å². The van der Waals surface area contributed by atoms with Gasteiger partial charge in [0.25, 0.3) is 0 Å². The van der Waals surface area contributed by atoms with Crippen molar-refractivity contribution in [3.8, 4) is 0 Å². The van der Waals surface area contributed by atoms with Gasteiger partial charge in [0, 0.05) is 12.8 Å². The molecule has 2 N–H and O–H groups in total. The van der Waals surface area contributed by atoms with Gasteiger partial charge < -0.3 is 15.4 Å². The largest absolute Gasteiger partial charge is 0.362 e. The summed E-state index contributed by atoms with van der Waals surface area (Å²) >= 11 is 10.8. The van der Waals surface area contributed by atoms with Crippen LogP contribution >= 0.6 is 23.8 Å². The van der Waals surface area contributed by atoms with Crippen LogP contribution < -0.4 is 10.6 Å². The molecule has 2 rings (SSSR count). The van der Waals surface area contributed by atoms with Gasteiger partial charge in [-0.25, -0.2) is 9.07 Å². The second-order valence-electron chi connectivity index (χ2n) is 3.89. The number of anilines is 2. The summed E-state index contributed by atoms with van der Waals surface area (Å²) in [7, 11) is 1.58. The topological polar surface area (TPSA) is 51.1 Å². The Hall–Kier alpha value is -1.70. The van der Waals surface area contributed by atoms with Crippen LogP contribution in [0.1, 0.15) is 0 Å². The molecule has 0 fully saturated rings. The minimum Gasteiger partial charge on any atom is -0.362 e. The molecule has 0 atom stereocenters. The lowest BCUT2D eigenvalue weighted by Gasteiger charge is -2.09. The SMILES string of the molecule is COCn1cc(NC(=S)Nc2ccc(F)c(Cl)c2)cn1. The molecule has 0 unspecified atom stereocenters. The molecule has 1 heterocycles. The van der Waals surface area contributed by atoms with Crippen molar-refractivity contribution in [1.29, 1.82) is 0 Å². The number of hydrogen-bond donors (Lipinski definition) is 2. The first-order valence-corrected chi connectivity index (χ1v) is 6.41. The summed E-state index contributed by atoms with van der Waals surface area (Å²) in [5.41, 5.74) is 1.31. The first-order chi connectivity index (χ1) is 9.58. The fraction of sp³-hybridized carbons (Fsp3) is 0.167. The third-order valence-electron chi connectivity index (χ3n) is 2.33. The first-order valence-electron chi connectivity index (χ1n) is 5.63. The smallest absolute Gasteiger partial charge is 0.175 e. The van der Waals surface area contributed by atoms with Gasteiger partial charge in [-0.15, -0.1) is 0 Å². The molecule has 1 aromatic carbocycles. The number of hydrogen-bond acceptors (Lipinski definition) is 3. The molecule has 8 heteroatoms. The Balaban J connectivity index is 1.95. The maximum Gasteiger partial charge on any atom is 0.175 e. The highest BCUT2D eigenvalue weighted by Crippen LogP contribution is 2.19. The van der Waals surface area contributed by atoms with Gasteiger partial charge in [-0.3, -0.25) is 0 Å². The van der Waals surface area contributed by atoms with E-state index in [1.165, 1.54) is 12.1 Å². The van der Waals surface area contributed by atoms with Crippen molar-refractivity contribution in [3.05, 3.63) is 41.4 Å². The van der Waals surface area contributed by atoms with Crippen LogP contribution in [0.25, 0.3) is 0 Å². The molecular weight excluding hydrogens is 303 g/mol. The molecule has 0 radical (unpaired) electrons. The molecule has 0 bridgehead atoms. The minimum atomic E-state index is -0.475. The second kappa shape index (κ2) is 6.65. The Morgan fingerprint density at radius 1 is 1.45 bits per heavy atom. The molecule has 0 aliphatic carbocycles. The summed E-state index contributed by atoms with van der Waals surface area (Å²) in [5, 5.41) is 10.3. The molecule has 0 aliphatic rings. The van der Waals surface area contributed by atoms with E-state index >= 15 is 0 Å². The predicted molar refractivity (Wildman–Crippen MR) is 80.5 cm³/mol. The highest BCUT2D eigenvalue weighted by molar-refractivity contribution is 7.80. The van der Waals surface area contributed by atoms with E-state index in [1.807, 2.05) is 0 Å². The predicted octanol–water partition coefficient (Wildman–Crippen LogP) is 3.09. The zero-order valence-electron chi connectivity index (χ0n) is 10.6. The molecule has 0 saturated carbocycles. The third-order valence-corrected chi connectivity index (χ3v) is 2.82. The zero-order chi connectivity index (χ0) is 14.5. The van der Waals surface area contributed by atoms with Crippen molar-refractivity contribution >= 4 is 40.3 Å². The Kier molecular flexibility index (Phi) is 4.89. The number of nitrogens with zero attached hydrogens (tertiary/aromatic N) is 2. The maximum absolute atomic E-state index is 13.0. The van der Waals surface area contributed by atoms with E-state index < -0.39 is 5.82 Å². The number of halogens is 2. The van der Waals surface area contributed by atoms with Crippen molar-refractivity contribution in [2.24, 2.45) is 0 Å². The number of nitrogens with one attached hydrogen (secondary N) is 2. The zero-order valence-corrected chi connectivity index (χ0v) is 12.1. The van der Waals surface area contributed by atoms with Crippen LogP contribution in [0, 0.1) is 5.82 Å². The number of methoxy groups -OCH3 is 1. The Morgan fingerprint density at radius 3 is 2.90 bits per heavy atom. The molecule has 2 aromatic rings. The highest BCUT2D eigenvalue weighted by Gasteiger charge is 2.04. The van der Waals surface area contributed by atoms with Gasteiger partial charge in [-0.2, -0.15) is 5.10 Å². The number of aromatic nitrogens is 2. The van der Waals surface area contributed by atoms with E-state index in [9.17, 15) is 4.39 Å². The lowest BCUT2D eigenvalue weighted by Crippen LogP contribution is -2.18. The van der Waals surface area contributed by atoms with Crippen LogP contribution in [-0.4, -0.2) is 22.0 Å². The summed E-state index contributed by atoms with van der Waals surface area (Å²) < 4.78 is 19.6. The van der Waals surface area contributed by atoms with Crippen LogP contribution in [0.3, 0.4) is 0 Å². The van der Waals surface area contributed by atoms with Gasteiger partial charge in [-0.1, -0.05) is 11.6 Å². The minimum absolute atomic E-state index is 0.0331. The molecular formula is C12H12ClFN4OS. The molecule has 5 nitrogen and oxygen atoms in total. The molecule has 0 amide bonds. The fourth-order valence-corrected chi connectivity index (χ4v) is 1.91. The van der Waals surface area contributed by atoms with Crippen molar-refractivity contribution in [2.75, 3.05) is 17.7 Å².